The molecule has 2 saturated heterocycles. The highest BCUT2D eigenvalue weighted by Gasteiger charge is 2.39. The molecule has 0 aromatic rings. The molecule has 0 aromatic heterocycles. The van der Waals surface area contributed by atoms with E-state index in [1.54, 1.807) is 0 Å². The zero-order chi connectivity index (χ0) is 13.8. The summed E-state index contributed by atoms with van der Waals surface area (Å²) in [5.74, 6) is 0.331. The third kappa shape index (κ3) is 3.34. The van der Waals surface area contributed by atoms with Crippen molar-refractivity contribution < 1.29 is 9.53 Å². The van der Waals surface area contributed by atoms with Crippen molar-refractivity contribution in [1.29, 1.82) is 0 Å². The van der Waals surface area contributed by atoms with Gasteiger partial charge in [-0.25, -0.2) is 0 Å². The fourth-order valence-corrected chi connectivity index (χ4v) is 4.08. The molecule has 114 valence electrons. The van der Waals surface area contributed by atoms with Crippen LogP contribution in [0.2, 0.25) is 0 Å². The summed E-state index contributed by atoms with van der Waals surface area (Å²) in [5, 5.41) is 3.60. The van der Waals surface area contributed by atoms with E-state index in [4.69, 9.17) is 4.74 Å². The molecule has 1 spiro atoms. The molecule has 1 aliphatic carbocycles. The fourth-order valence-electron chi connectivity index (χ4n) is 4.08. The Hall–Kier alpha value is -0.610. The number of amides is 1. The number of nitrogens with one attached hydrogen (secondary N) is 1. The van der Waals surface area contributed by atoms with Gasteiger partial charge in [-0.1, -0.05) is 12.8 Å². The molecule has 2 heterocycles. The number of nitrogens with zero attached hydrogens (tertiary/aromatic N) is 1. The van der Waals surface area contributed by atoms with Crippen molar-refractivity contribution in [2.24, 2.45) is 0 Å². The zero-order valence-electron chi connectivity index (χ0n) is 12.5. The first-order valence-electron chi connectivity index (χ1n) is 8.43. The summed E-state index contributed by atoms with van der Waals surface area (Å²) in [6.07, 6.45) is 10.4. The molecular formula is C16H28N2O2. The molecule has 1 amide bonds. The van der Waals surface area contributed by atoms with Crippen molar-refractivity contribution >= 4 is 5.91 Å². The third-order valence-corrected chi connectivity index (χ3v) is 5.24. The van der Waals surface area contributed by atoms with Gasteiger partial charge in [0.1, 0.15) is 0 Å². The third-order valence-electron chi connectivity index (χ3n) is 5.24. The molecule has 20 heavy (non-hydrogen) atoms. The summed E-state index contributed by atoms with van der Waals surface area (Å²) in [6.45, 7) is 3.66. The number of carbonyl (C=O) groups is 1. The minimum Gasteiger partial charge on any atom is -0.375 e. The predicted molar refractivity (Wildman–Crippen MR) is 78.6 cm³/mol. The summed E-state index contributed by atoms with van der Waals surface area (Å²) < 4.78 is 6.05. The van der Waals surface area contributed by atoms with Crippen LogP contribution in [-0.2, 0) is 9.53 Å². The molecule has 1 N–H and O–H groups in total. The van der Waals surface area contributed by atoms with E-state index in [1.165, 1.54) is 38.5 Å². The van der Waals surface area contributed by atoms with Gasteiger partial charge in [-0.2, -0.15) is 0 Å². The Labute approximate surface area is 122 Å². The van der Waals surface area contributed by atoms with Crippen LogP contribution >= 0.6 is 0 Å². The number of ether oxygens (including phenoxy) is 1. The number of carbonyl (C=O) groups excluding carboxylic acids is 1. The fraction of sp³-hybridized carbons (Fsp3) is 0.938. The van der Waals surface area contributed by atoms with Crippen molar-refractivity contribution in [3.05, 3.63) is 0 Å². The first kappa shape index (κ1) is 14.3. The number of hydrogen-bond donors (Lipinski definition) is 1. The Morgan fingerprint density at radius 3 is 2.70 bits per heavy atom. The van der Waals surface area contributed by atoms with Gasteiger partial charge < -0.3 is 15.0 Å². The van der Waals surface area contributed by atoms with Gasteiger partial charge in [0.05, 0.1) is 5.60 Å². The van der Waals surface area contributed by atoms with E-state index in [2.05, 4.69) is 5.32 Å². The standard InChI is InChI=1S/C16H28N2O2/c19-15(18-10-3-4-11-18)5-9-17-14-6-12-20-16(13-14)7-1-2-8-16/h14,17H,1-13H2. The number of hydrogen-bond acceptors (Lipinski definition) is 3. The Kier molecular flexibility index (Phi) is 4.61. The van der Waals surface area contributed by atoms with Gasteiger partial charge in [0, 0.05) is 38.7 Å². The monoisotopic (exact) mass is 280 g/mol. The van der Waals surface area contributed by atoms with E-state index in [-0.39, 0.29) is 5.60 Å². The van der Waals surface area contributed by atoms with Crippen molar-refractivity contribution in [3.63, 3.8) is 0 Å². The van der Waals surface area contributed by atoms with Crippen LogP contribution in [0, 0.1) is 0 Å². The second kappa shape index (κ2) is 6.44. The van der Waals surface area contributed by atoms with Crippen LogP contribution < -0.4 is 5.32 Å². The molecule has 2 aliphatic heterocycles. The first-order chi connectivity index (χ1) is 9.77. The summed E-state index contributed by atoms with van der Waals surface area (Å²) >= 11 is 0. The molecule has 1 unspecified atom stereocenters. The van der Waals surface area contributed by atoms with E-state index in [9.17, 15) is 4.79 Å². The topological polar surface area (TPSA) is 41.6 Å². The molecule has 0 bridgehead atoms. The maximum Gasteiger partial charge on any atom is 0.223 e. The molecule has 1 saturated carbocycles. The van der Waals surface area contributed by atoms with Gasteiger partial charge in [-0.15, -0.1) is 0 Å². The Morgan fingerprint density at radius 1 is 1.20 bits per heavy atom. The van der Waals surface area contributed by atoms with E-state index in [0.717, 1.165) is 39.1 Å². The van der Waals surface area contributed by atoms with Crippen molar-refractivity contribution in [2.75, 3.05) is 26.2 Å². The lowest BCUT2D eigenvalue weighted by molar-refractivity contribution is -0.130. The average molecular weight is 280 g/mol. The minimum absolute atomic E-state index is 0.175. The zero-order valence-corrected chi connectivity index (χ0v) is 12.5. The van der Waals surface area contributed by atoms with Crippen LogP contribution in [0.1, 0.15) is 57.8 Å². The molecule has 3 aliphatic rings. The summed E-state index contributed by atoms with van der Waals surface area (Å²) in [4.78, 5) is 14.0. The average Bonchev–Trinajstić information content (AvgIpc) is 3.11. The van der Waals surface area contributed by atoms with E-state index in [1.807, 2.05) is 4.90 Å². The maximum atomic E-state index is 12.0. The Bertz CT molecular complexity index is 333. The quantitative estimate of drug-likeness (QED) is 0.857. The molecule has 3 rings (SSSR count). The lowest BCUT2D eigenvalue weighted by Crippen LogP contribution is -2.46. The predicted octanol–water partition coefficient (Wildman–Crippen LogP) is 2.08. The second-order valence-electron chi connectivity index (χ2n) is 6.72. The highest BCUT2D eigenvalue weighted by atomic mass is 16.5. The van der Waals surface area contributed by atoms with Crippen LogP contribution in [0.3, 0.4) is 0 Å². The molecular weight excluding hydrogens is 252 g/mol. The summed E-state index contributed by atoms with van der Waals surface area (Å²) in [6, 6.07) is 0.549. The van der Waals surface area contributed by atoms with Crippen LogP contribution in [0.5, 0.6) is 0 Å². The molecule has 4 heteroatoms. The molecule has 3 fully saturated rings. The van der Waals surface area contributed by atoms with Gasteiger partial charge in [0.25, 0.3) is 0 Å². The smallest absolute Gasteiger partial charge is 0.223 e. The summed E-state index contributed by atoms with van der Waals surface area (Å²) in [5.41, 5.74) is 0.175. The lowest BCUT2D eigenvalue weighted by atomic mass is 9.89. The van der Waals surface area contributed by atoms with Gasteiger partial charge in [-0.3, -0.25) is 4.79 Å². The lowest BCUT2D eigenvalue weighted by Gasteiger charge is -2.38. The van der Waals surface area contributed by atoms with Gasteiger partial charge in [0.15, 0.2) is 0 Å². The molecule has 1 atom stereocenters. The van der Waals surface area contributed by atoms with Crippen LogP contribution in [0.15, 0.2) is 0 Å². The molecule has 4 nitrogen and oxygen atoms in total. The van der Waals surface area contributed by atoms with Gasteiger partial charge in [0.2, 0.25) is 5.91 Å². The number of likely N-dealkylation sites (tertiary alicyclic amines) is 1. The van der Waals surface area contributed by atoms with Crippen molar-refractivity contribution in [1.82, 2.24) is 10.2 Å². The minimum atomic E-state index is 0.175. The van der Waals surface area contributed by atoms with E-state index < -0.39 is 0 Å². The maximum absolute atomic E-state index is 12.0. The van der Waals surface area contributed by atoms with Crippen LogP contribution in [0.25, 0.3) is 0 Å². The largest absolute Gasteiger partial charge is 0.375 e. The Morgan fingerprint density at radius 2 is 1.95 bits per heavy atom. The van der Waals surface area contributed by atoms with Crippen molar-refractivity contribution in [2.45, 2.75) is 69.4 Å². The van der Waals surface area contributed by atoms with Crippen molar-refractivity contribution in [3.8, 4) is 0 Å². The molecule has 0 aromatic carbocycles. The van der Waals surface area contributed by atoms with Crippen LogP contribution in [0.4, 0.5) is 0 Å². The number of rotatable bonds is 4. The first-order valence-corrected chi connectivity index (χ1v) is 8.43. The SMILES string of the molecule is O=C(CCNC1CCOC2(CCCC2)C1)N1CCCC1. The Balaban J connectivity index is 1.38. The second-order valence-corrected chi connectivity index (χ2v) is 6.72. The van der Waals surface area contributed by atoms with E-state index >= 15 is 0 Å². The van der Waals surface area contributed by atoms with Crippen LogP contribution in [-0.4, -0.2) is 48.7 Å². The summed E-state index contributed by atoms with van der Waals surface area (Å²) in [7, 11) is 0. The molecule has 0 radical (unpaired) electrons. The highest BCUT2D eigenvalue weighted by Crippen LogP contribution is 2.39. The van der Waals surface area contributed by atoms with Gasteiger partial charge in [-0.05, 0) is 38.5 Å². The van der Waals surface area contributed by atoms with E-state index in [0.29, 0.717) is 18.4 Å². The van der Waals surface area contributed by atoms with Gasteiger partial charge >= 0.3 is 0 Å². The normalized spacial score (nSPS) is 29.2. The highest BCUT2D eigenvalue weighted by molar-refractivity contribution is 5.76.